The van der Waals surface area contributed by atoms with Crippen molar-refractivity contribution in [1.29, 1.82) is 0 Å². The van der Waals surface area contributed by atoms with Gasteiger partial charge < -0.3 is 4.42 Å². The van der Waals surface area contributed by atoms with Gasteiger partial charge in [-0.25, -0.2) is 0 Å². The van der Waals surface area contributed by atoms with E-state index in [0.717, 1.165) is 0 Å². The summed E-state index contributed by atoms with van der Waals surface area (Å²) >= 11 is 0. The van der Waals surface area contributed by atoms with Crippen LogP contribution in [-0.4, -0.2) is 0 Å². The van der Waals surface area contributed by atoms with Crippen molar-refractivity contribution in [2.45, 2.75) is 0 Å². The van der Waals surface area contributed by atoms with E-state index in [1.165, 1.54) is 0 Å². The number of hydrogen-bond acceptors (Lipinski definition) is 1. The predicted octanol–water partition coefficient (Wildman–Crippen LogP) is 13.2. The van der Waals surface area contributed by atoms with E-state index in [1.54, 1.807) is 0 Å². The van der Waals surface area contributed by atoms with Gasteiger partial charge in [-0.15, -0.1) is 0 Å². The fourth-order valence-corrected chi connectivity index (χ4v) is 5.80. The molecule has 0 saturated heterocycles. The van der Waals surface area contributed by atoms with Crippen molar-refractivity contribution >= 4 is 65.0 Å². The van der Waals surface area contributed by atoms with E-state index >= 15 is 0 Å². The molecule has 1 heterocycles. The van der Waals surface area contributed by atoms with Crippen LogP contribution in [0.5, 0.6) is 0 Å². The topological polar surface area (TPSA) is 13.1 Å². The maximum atomic E-state index is 10.3. The molecule has 0 N–H and O–H groups in total. The van der Waals surface area contributed by atoms with Crippen LogP contribution in [0.3, 0.4) is 0 Å². The second-order valence-electron chi connectivity index (χ2n) is 10.3. The van der Waals surface area contributed by atoms with Crippen LogP contribution in [0.4, 0.5) is 0 Å². The molecule has 218 valence electrons. The number of fused-ring (bicyclic) bond motifs is 7. The summed E-state index contributed by atoms with van der Waals surface area (Å²) in [7, 11) is 0. The molecule has 0 bridgehead atoms. The van der Waals surface area contributed by atoms with E-state index in [2.05, 4.69) is 0 Å². The van der Waals surface area contributed by atoms with Gasteiger partial charge in [0.05, 0.1) is 38.4 Å². The molecule has 0 atom stereocenters. The van der Waals surface area contributed by atoms with Gasteiger partial charge in [-0.3, -0.25) is 0 Å². The molecule has 1 heteroatoms. The first-order chi connectivity index (χ1) is 35.0. The van der Waals surface area contributed by atoms with Crippen molar-refractivity contribution in [3.8, 4) is 33.4 Å². The maximum Gasteiger partial charge on any atom is 0.136 e. The molecule has 0 aliphatic heterocycles. The minimum atomic E-state index is -1.12. The molecule has 0 amide bonds. The Morgan fingerprint density at radius 1 is 0.340 bits per heavy atom. The molecular weight excluding hydrogens is 569 g/mol. The van der Waals surface area contributed by atoms with Crippen molar-refractivity contribution in [3.05, 3.63) is 169 Å². The van der Waals surface area contributed by atoms with Gasteiger partial charge in [0.15, 0.2) is 0 Å². The molecule has 9 aromatic carbocycles. The van der Waals surface area contributed by atoms with E-state index in [-0.39, 0.29) is 0 Å². The number of benzene rings is 9. The highest BCUT2D eigenvalue weighted by molar-refractivity contribution is 6.27. The highest BCUT2D eigenvalue weighted by Crippen LogP contribution is 2.48. The highest BCUT2D eigenvalue weighted by atomic mass is 16.3. The molecule has 10 aromatic rings. The summed E-state index contributed by atoms with van der Waals surface area (Å²) in [6.07, 6.45) is 0. The summed E-state index contributed by atoms with van der Waals surface area (Å²) in [4.78, 5) is 0. The fraction of sp³-hybridized carbons (Fsp3) is 0. The molecule has 0 radical (unpaired) electrons. The summed E-state index contributed by atoms with van der Waals surface area (Å²) in [5.74, 6) is 0. The van der Waals surface area contributed by atoms with Gasteiger partial charge in [-0.05, 0) is 101 Å². The monoisotopic (exact) mass is 624 g/mol. The molecular formula is C46H28O. The van der Waals surface area contributed by atoms with Gasteiger partial charge in [-0.1, -0.05) is 145 Å². The summed E-state index contributed by atoms with van der Waals surface area (Å²) in [5, 5.41) is -6.98. The molecule has 1 nitrogen and oxygen atoms in total. The Hall–Kier alpha value is -6.18. The fourth-order valence-electron chi connectivity index (χ4n) is 5.80. The van der Waals surface area contributed by atoms with Crippen LogP contribution in [0, 0.1) is 0 Å². The van der Waals surface area contributed by atoms with Gasteiger partial charge in [0.25, 0.3) is 0 Å². The average Bonchev–Trinajstić information content (AvgIpc) is 3.84. The predicted molar refractivity (Wildman–Crippen MR) is 200 cm³/mol. The lowest BCUT2D eigenvalue weighted by atomic mass is 9.83. The lowest BCUT2D eigenvalue weighted by molar-refractivity contribution is 0.669. The van der Waals surface area contributed by atoms with E-state index in [9.17, 15) is 13.7 Å². The average molecular weight is 625 g/mol. The summed E-state index contributed by atoms with van der Waals surface area (Å²) in [6, 6.07) is -26.6. The van der Waals surface area contributed by atoms with Gasteiger partial charge >= 0.3 is 0 Å². The third kappa shape index (κ3) is 3.97. The largest absolute Gasteiger partial charge is 0.456 e. The molecule has 47 heavy (non-hydrogen) atoms. The quantitative estimate of drug-likeness (QED) is 0.178. The van der Waals surface area contributed by atoms with E-state index in [4.69, 9.17) is 29.1 Å². The second-order valence-corrected chi connectivity index (χ2v) is 10.3. The van der Waals surface area contributed by atoms with Crippen LogP contribution < -0.4 is 0 Å². The molecule has 0 aliphatic rings. The molecule has 0 spiro atoms. The number of rotatable bonds is 3. The van der Waals surface area contributed by atoms with Crippen LogP contribution in [0.1, 0.15) is 38.4 Å². The van der Waals surface area contributed by atoms with Gasteiger partial charge in [-0.2, -0.15) is 0 Å². The van der Waals surface area contributed by atoms with E-state index in [1.807, 2.05) is 0 Å². The third-order valence-corrected chi connectivity index (χ3v) is 7.76. The number of furan rings is 1. The van der Waals surface area contributed by atoms with E-state index in [0.29, 0.717) is 0 Å². The molecule has 1 aromatic heterocycles. The number of hydrogen-bond donors (Lipinski definition) is 0. The Morgan fingerprint density at radius 3 is 1.74 bits per heavy atom. The molecule has 0 unspecified atom stereocenters. The van der Waals surface area contributed by atoms with Crippen LogP contribution in [0.2, 0.25) is 0 Å². The van der Waals surface area contributed by atoms with Crippen molar-refractivity contribution in [1.82, 2.24) is 0 Å². The Morgan fingerprint density at radius 2 is 0.894 bits per heavy atom. The van der Waals surface area contributed by atoms with Crippen molar-refractivity contribution in [3.63, 3.8) is 0 Å². The van der Waals surface area contributed by atoms with Crippen LogP contribution in [0.15, 0.2) is 174 Å². The van der Waals surface area contributed by atoms with Crippen LogP contribution in [-0.2, 0) is 0 Å². The lowest BCUT2D eigenvalue weighted by Gasteiger charge is -2.20. The number of para-hydroxylation sites is 1. The Kier molecular flexibility index (Phi) is 2.31. The second kappa shape index (κ2) is 10.2. The van der Waals surface area contributed by atoms with Gasteiger partial charge in [0.2, 0.25) is 0 Å². The van der Waals surface area contributed by atoms with Crippen molar-refractivity contribution in [2.24, 2.45) is 0 Å². The zero-order chi connectivity index (χ0) is 55.3. The van der Waals surface area contributed by atoms with Crippen molar-refractivity contribution in [2.75, 3.05) is 0 Å². The lowest BCUT2D eigenvalue weighted by Crippen LogP contribution is -1.93. The SMILES string of the molecule is [2H]c1c([2H])c([2H])c2c(oc3c([2H])c([2H])c([2H])c(-c4c5c([2H])c([2H])c([2H])c([2H])c5c(-c5c([2H])c([2H])c([2H])c6c([2H])c([2H])c([2H])c([2H])c56)c5c([2H])c([2H])c(-c6c([2H])c([2H])c7c([2H])c([2H])c([2H])c([2H])c7c6[2H])c([2H])c45)c32)c1[2H]. The zero-order valence-electron chi connectivity index (χ0n) is 51.4. The highest BCUT2D eigenvalue weighted by Gasteiger charge is 2.21. The minimum absolute atomic E-state index is 0.543. The summed E-state index contributed by atoms with van der Waals surface area (Å²) in [5.41, 5.74) is -6.17. The first-order valence-electron chi connectivity index (χ1n) is 27.9. The van der Waals surface area contributed by atoms with Gasteiger partial charge in [0.1, 0.15) is 11.2 Å². The van der Waals surface area contributed by atoms with Crippen molar-refractivity contribution < 1.29 is 42.8 Å². The standard InChI is InChI=1S/C46H28O/c1-2-13-31-27-32(24-23-29(31)11-1)33-25-26-38-41(28-33)45(40-20-10-22-43-46(40)39-18-7-8-21-42(39)47-43)37-17-6-5-16-36(37)44(38)35-19-9-14-30-12-3-4-15-34(30)35/h1-28H/i1D,2D,3D,4D,5D,6D,7D,8D,9D,10D,11D,12D,13D,14D,15D,16D,17D,18D,19D,20D,21D,22D,23D,24D,25D,26D,27D,28D. The normalized spacial score (nSPS) is 20.2. The molecule has 10 rings (SSSR count). The first kappa shape index (κ1) is 10.7. The van der Waals surface area contributed by atoms with Gasteiger partial charge in [0, 0.05) is 10.8 Å². The molecule has 0 saturated carbocycles. The summed E-state index contributed by atoms with van der Waals surface area (Å²) in [6.45, 7) is 0. The van der Waals surface area contributed by atoms with Crippen LogP contribution in [0.25, 0.3) is 98.4 Å². The zero-order valence-corrected chi connectivity index (χ0v) is 23.4. The first-order valence-corrected chi connectivity index (χ1v) is 13.9. The van der Waals surface area contributed by atoms with E-state index < -0.39 is 268 Å². The van der Waals surface area contributed by atoms with Crippen LogP contribution >= 0.6 is 0 Å². The molecule has 0 fully saturated rings. The molecule has 0 aliphatic carbocycles. The summed E-state index contributed by atoms with van der Waals surface area (Å²) < 4.78 is 260. The maximum absolute atomic E-state index is 10.3. The Balaban J connectivity index is 1.64. The smallest absolute Gasteiger partial charge is 0.136 e. The Bertz CT molecular complexity index is 4440. The third-order valence-electron chi connectivity index (χ3n) is 7.76. The minimum Gasteiger partial charge on any atom is -0.456 e. The Labute approximate surface area is 311 Å².